The summed E-state index contributed by atoms with van der Waals surface area (Å²) >= 11 is 1.09. The van der Waals surface area contributed by atoms with E-state index in [1.807, 2.05) is 0 Å². The highest BCUT2D eigenvalue weighted by Crippen LogP contribution is 2.25. The Morgan fingerprint density at radius 3 is 2.71 bits per heavy atom. The zero-order valence-corrected chi connectivity index (χ0v) is 11.7. The molecule has 0 bridgehead atoms. The fourth-order valence-electron chi connectivity index (χ4n) is 1.39. The summed E-state index contributed by atoms with van der Waals surface area (Å²) in [4.78, 5) is 0.671. The summed E-state index contributed by atoms with van der Waals surface area (Å²) in [6, 6.07) is 1.28. The summed E-state index contributed by atoms with van der Waals surface area (Å²) in [5.74, 6) is 0. The molecule has 0 spiro atoms. The average molecular weight is 279 g/mol. The van der Waals surface area contributed by atoms with E-state index in [0.717, 1.165) is 16.9 Å². The number of ether oxygens (including phenoxy) is 1. The Morgan fingerprint density at radius 2 is 2.24 bits per heavy atom. The number of rotatable bonds is 6. The number of hydrogen-bond acceptors (Lipinski definition) is 5. The van der Waals surface area contributed by atoms with Gasteiger partial charge in [0.05, 0.1) is 13.2 Å². The molecule has 1 rings (SSSR count). The van der Waals surface area contributed by atoms with Crippen molar-refractivity contribution in [1.29, 1.82) is 0 Å². The summed E-state index contributed by atoms with van der Waals surface area (Å²) in [7, 11) is -2.00. The van der Waals surface area contributed by atoms with Crippen molar-refractivity contribution in [1.82, 2.24) is 4.72 Å². The molecule has 0 aliphatic carbocycles. The quantitative estimate of drug-likeness (QED) is 0.810. The molecule has 0 saturated heterocycles. The predicted octanol–water partition coefficient (Wildman–Crippen LogP) is 0.862. The second-order valence-corrected chi connectivity index (χ2v) is 6.88. The lowest BCUT2D eigenvalue weighted by atomic mass is 10.3. The maximum absolute atomic E-state index is 12.0. The molecule has 1 aromatic rings. The molecule has 1 heterocycles. The topological polar surface area (TPSA) is 75.6 Å². The monoisotopic (exact) mass is 279 g/mol. The second kappa shape index (κ2) is 5.92. The Labute approximate surface area is 105 Å². The van der Waals surface area contributed by atoms with Crippen LogP contribution in [0.2, 0.25) is 0 Å². The summed E-state index contributed by atoms with van der Waals surface area (Å²) < 4.78 is 31.5. The smallest absolute Gasteiger partial charge is 0.250 e. The van der Waals surface area contributed by atoms with Gasteiger partial charge in [0.15, 0.2) is 0 Å². The number of sulfonamides is 1. The third-order valence-electron chi connectivity index (χ3n) is 2.18. The predicted molar refractivity (Wildman–Crippen MR) is 66.6 cm³/mol. The Morgan fingerprint density at radius 1 is 1.59 bits per heavy atom. The molecule has 0 radical (unpaired) electrons. The standard InChI is InChI=1S/C10H17NO4S2/c1-7-4-10(16-9(7)5-12)17(13,14)11-8(2)6-15-3/h4,8,11-12H,5-6H2,1-3H3. The third kappa shape index (κ3) is 3.75. The Balaban J connectivity index is 2.89. The van der Waals surface area contributed by atoms with Crippen molar-refractivity contribution in [2.75, 3.05) is 13.7 Å². The van der Waals surface area contributed by atoms with E-state index < -0.39 is 10.0 Å². The number of aryl methyl sites for hydroxylation is 1. The minimum Gasteiger partial charge on any atom is -0.391 e. The van der Waals surface area contributed by atoms with Crippen LogP contribution in [0.3, 0.4) is 0 Å². The molecule has 0 saturated carbocycles. The van der Waals surface area contributed by atoms with Crippen LogP contribution in [0, 0.1) is 6.92 Å². The summed E-state index contributed by atoms with van der Waals surface area (Å²) in [5, 5.41) is 9.04. The van der Waals surface area contributed by atoms with E-state index in [-0.39, 0.29) is 16.9 Å². The molecule has 0 aromatic carbocycles. The van der Waals surface area contributed by atoms with Gasteiger partial charge in [-0.25, -0.2) is 13.1 Å². The maximum Gasteiger partial charge on any atom is 0.250 e. The molecule has 0 aliphatic heterocycles. The van der Waals surface area contributed by atoms with Gasteiger partial charge >= 0.3 is 0 Å². The van der Waals surface area contributed by atoms with Gasteiger partial charge in [-0.2, -0.15) is 0 Å². The van der Waals surface area contributed by atoms with Gasteiger partial charge in [-0.1, -0.05) is 0 Å². The van der Waals surface area contributed by atoms with Crippen molar-refractivity contribution in [3.63, 3.8) is 0 Å². The first-order valence-corrected chi connectivity index (χ1v) is 7.42. The van der Waals surface area contributed by atoms with Crippen molar-refractivity contribution in [3.8, 4) is 0 Å². The van der Waals surface area contributed by atoms with E-state index in [9.17, 15) is 8.42 Å². The molecule has 1 unspecified atom stereocenters. The molecule has 5 nitrogen and oxygen atoms in total. The van der Waals surface area contributed by atoms with E-state index in [2.05, 4.69) is 4.72 Å². The molecule has 0 fully saturated rings. The average Bonchev–Trinajstić information content (AvgIpc) is 2.59. The van der Waals surface area contributed by atoms with Gasteiger partial charge in [-0.05, 0) is 25.5 Å². The highest BCUT2D eigenvalue weighted by atomic mass is 32.2. The van der Waals surface area contributed by atoms with Crippen molar-refractivity contribution in [3.05, 3.63) is 16.5 Å². The number of aliphatic hydroxyl groups is 1. The van der Waals surface area contributed by atoms with E-state index >= 15 is 0 Å². The van der Waals surface area contributed by atoms with Crippen molar-refractivity contribution in [2.45, 2.75) is 30.7 Å². The summed E-state index contributed by atoms with van der Waals surface area (Å²) in [5.41, 5.74) is 0.789. The van der Waals surface area contributed by atoms with Gasteiger partial charge in [0.1, 0.15) is 4.21 Å². The van der Waals surface area contributed by atoms with Crippen LogP contribution in [-0.2, 0) is 21.4 Å². The van der Waals surface area contributed by atoms with E-state index in [1.165, 1.54) is 7.11 Å². The lowest BCUT2D eigenvalue weighted by molar-refractivity contribution is 0.180. The fourth-order valence-corrected chi connectivity index (χ4v) is 4.08. The summed E-state index contributed by atoms with van der Waals surface area (Å²) in [6.45, 7) is 3.68. The first kappa shape index (κ1) is 14.6. The molecule has 17 heavy (non-hydrogen) atoms. The molecule has 1 atom stereocenters. The molecule has 0 aliphatic rings. The van der Waals surface area contributed by atoms with Crippen LogP contribution in [-0.4, -0.2) is 33.3 Å². The van der Waals surface area contributed by atoms with Crippen molar-refractivity contribution < 1.29 is 18.3 Å². The van der Waals surface area contributed by atoms with E-state index in [4.69, 9.17) is 9.84 Å². The first-order valence-electron chi connectivity index (χ1n) is 5.12. The number of nitrogens with one attached hydrogen (secondary N) is 1. The highest BCUT2D eigenvalue weighted by molar-refractivity contribution is 7.91. The van der Waals surface area contributed by atoms with Crippen molar-refractivity contribution >= 4 is 21.4 Å². The first-order chi connectivity index (χ1) is 7.90. The molecule has 98 valence electrons. The van der Waals surface area contributed by atoms with E-state index in [0.29, 0.717) is 11.5 Å². The van der Waals surface area contributed by atoms with Gasteiger partial charge in [-0.3, -0.25) is 0 Å². The van der Waals surface area contributed by atoms with Crippen LogP contribution < -0.4 is 4.72 Å². The van der Waals surface area contributed by atoms with Gasteiger partial charge in [-0.15, -0.1) is 11.3 Å². The highest BCUT2D eigenvalue weighted by Gasteiger charge is 2.20. The molecule has 7 heteroatoms. The zero-order valence-electron chi connectivity index (χ0n) is 10.1. The lowest BCUT2D eigenvalue weighted by Crippen LogP contribution is -2.35. The third-order valence-corrected chi connectivity index (χ3v) is 5.46. The minimum absolute atomic E-state index is 0.139. The lowest BCUT2D eigenvalue weighted by Gasteiger charge is -2.11. The zero-order chi connectivity index (χ0) is 13.1. The molecular weight excluding hydrogens is 262 g/mol. The maximum atomic E-state index is 12.0. The number of hydrogen-bond donors (Lipinski definition) is 2. The number of methoxy groups -OCH3 is 1. The number of thiophene rings is 1. The number of aliphatic hydroxyl groups excluding tert-OH is 1. The molecular formula is C10H17NO4S2. The summed E-state index contributed by atoms with van der Waals surface area (Å²) in [6.07, 6.45) is 0. The largest absolute Gasteiger partial charge is 0.391 e. The normalized spacial score (nSPS) is 13.9. The van der Waals surface area contributed by atoms with Crippen LogP contribution >= 0.6 is 11.3 Å². The van der Waals surface area contributed by atoms with Crippen LogP contribution in [0.5, 0.6) is 0 Å². The van der Waals surface area contributed by atoms with Gasteiger partial charge in [0, 0.05) is 18.0 Å². The molecule has 2 N–H and O–H groups in total. The van der Waals surface area contributed by atoms with Crippen LogP contribution in [0.25, 0.3) is 0 Å². The second-order valence-electron chi connectivity index (χ2n) is 3.81. The minimum atomic E-state index is -3.52. The molecule has 1 aromatic heterocycles. The van der Waals surface area contributed by atoms with E-state index in [1.54, 1.807) is 19.9 Å². The van der Waals surface area contributed by atoms with Crippen LogP contribution in [0.1, 0.15) is 17.4 Å². The molecule has 0 amide bonds. The van der Waals surface area contributed by atoms with Gasteiger partial charge in [0.2, 0.25) is 10.0 Å². The Kier molecular flexibility index (Phi) is 5.08. The van der Waals surface area contributed by atoms with Gasteiger partial charge < -0.3 is 9.84 Å². The SMILES string of the molecule is COCC(C)NS(=O)(=O)c1cc(C)c(CO)s1. The Hall–Kier alpha value is -0.470. The van der Waals surface area contributed by atoms with Gasteiger partial charge in [0.25, 0.3) is 0 Å². The fraction of sp³-hybridized carbons (Fsp3) is 0.600. The van der Waals surface area contributed by atoms with Crippen LogP contribution in [0.15, 0.2) is 10.3 Å². The Bertz CT molecular complexity index is 467. The van der Waals surface area contributed by atoms with Crippen LogP contribution in [0.4, 0.5) is 0 Å². The van der Waals surface area contributed by atoms with Crippen molar-refractivity contribution in [2.24, 2.45) is 0 Å².